The van der Waals surface area contributed by atoms with Crippen LogP contribution in [-0.4, -0.2) is 43.9 Å². The first-order valence-corrected chi connectivity index (χ1v) is 9.23. The van der Waals surface area contributed by atoms with Crippen molar-refractivity contribution in [1.82, 2.24) is 24.9 Å². The molecule has 0 spiro atoms. The second kappa shape index (κ2) is 6.87. The third kappa shape index (κ3) is 3.32. The molecule has 1 amide bonds. The summed E-state index contributed by atoms with van der Waals surface area (Å²) in [4.78, 5) is 19.4. The first kappa shape index (κ1) is 16.7. The maximum atomic E-state index is 12.5. The highest BCUT2D eigenvalue weighted by atomic mass is 32.1. The van der Waals surface area contributed by atoms with Crippen LogP contribution < -0.4 is 4.74 Å². The Kier molecular flexibility index (Phi) is 4.42. The van der Waals surface area contributed by atoms with E-state index in [4.69, 9.17) is 4.74 Å². The molecule has 1 aliphatic heterocycles. The lowest BCUT2D eigenvalue weighted by molar-refractivity contribution is 0.0502. The van der Waals surface area contributed by atoms with E-state index in [1.54, 1.807) is 0 Å². The number of thiazole rings is 1. The van der Waals surface area contributed by atoms with Crippen LogP contribution in [0.15, 0.2) is 36.5 Å². The molecule has 0 bridgehead atoms. The maximum Gasteiger partial charge on any atom is 0.266 e. The molecule has 1 saturated heterocycles. The standard InChI is InChI=1S/C18H19N5O2S/c1-12-17(26-13(2)19-12)18(24)22-9-15(10-22)23-8-14(20-21-23)11-25-16-6-4-3-5-7-16/h3-8,15H,9-11H2,1-2H3. The van der Waals surface area contributed by atoms with Gasteiger partial charge in [0.05, 0.1) is 22.9 Å². The van der Waals surface area contributed by atoms with E-state index in [9.17, 15) is 4.79 Å². The summed E-state index contributed by atoms with van der Waals surface area (Å²) in [6.45, 7) is 5.44. The summed E-state index contributed by atoms with van der Waals surface area (Å²) in [6, 6.07) is 9.77. The van der Waals surface area contributed by atoms with Gasteiger partial charge >= 0.3 is 0 Å². The van der Waals surface area contributed by atoms with Crippen molar-refractivity contribution in [2.75, 3.05) is 13.1 Å². The van der Waals surface area contributed by atoms with Crippen molar-refractivity contribution in [2.45, 2.75) is 26.5 Å². The molecule has 26 heavy (non-hydrogen) atoms. The number of hydrogen-bond acceptors (Lipinski definition) is 6. The van der Waals surface area contributed by atoms with Gasteiger partial charge in [0.15, 0.2) is 0 Å². The van der Waals surface area contributed by atoms with Crippen LogP contribution in [0.25, 0.3) is 0 Å². The molecule has 0 unspecified atom stereocenters. The van der Waals surface area contributed by atoms with Crippen molar-refractivity contribution >= 4 is 17.2 Å². The summed E-state index contributed by atoms with van der Waals surface area (Å²) in [5.74, 6) is 0.856. The van der Waals surface area contributed by atoms with Gasteiger partial charge in [-0.05, 0) is 26.0 Å². The molecule has 8 heteroatoms. The average molecular weight is 369 g/mol. The van der Waals surface area contributed by atoms with Gasteiger partial charge in [-0.25, -0.2) is 9.67 Å². The number of aryl methyl sites for hydroxylation is 2. The van der Waals surface area contributed by atoms with Crippen molar-refractivity contribution in [1.29, 1.82) is 0 Å². The number of ether oxygens (including phenoxy) is 1. The number of amides is 1. The molecule has 1 aliphatic rings. The van der Waals surface area contributed by atoms with Crippen LogP contribution in [0.4, 0.5) is 0 Å². The zero-order valence-electron chi connectivity index (χ0n) is 14.6. The van der Waals surface area contributed by atoms with Crippen molar-refractivity contribution in [2.24, 2.45) is 0 Å². The summed E-state index contributed by atoms with van der Waals surface area (Å²) in [6.07, 6.45) is 1.89. The Balaban J connectivity index is 1.32. The predicted octanol–water partition coefficient (Wildman–Crippen LogP) is 2.63. The van der Waals surface area contributed by atoms with Gasteiger partial charge in [-0.1, -0.05) is 23.4 Å². The van der Waals surface area contributed by atoms with Crippen LogP contribution in [-0.2, 0) is 6.61 Å². The average Bonchev–Trinajstić information content (AvgIpc) is 3.19. The van der Waals surface area contributed by atoms with Gasteiger partial charge in [0.2, 0.25) is 0 Å². The third-order valence-electron chi connectivity index (χ3n) is 4.31. The number of rotatable bonds is 5. The molecular weight excluding hydrogens is 350 g/mol. The lowest BCUT2D eigenvalue weighted by atomic mass is 10.1. The van der Waals surface area contributed by atoms with Gasteiger partial charge in [0, 0.05) is 13.1 Å². The molecule has 1 aromatic carbocycles. The molecule has 134 valence electrons. The van der Waals surface area contributed by atoms with E-state index in [2.05, 4.69) is 15.3 Å². The van der Waals surface area contributed by atoms with Crippen molar-refractivity contribution in [3.8, 4) is 5.75 Å². The zero-order valence-corrected chi connectivity index (χ0v) is 15.4. The molecular formula is C18H19N5O2S. The highest BCUT2D eigenvalue weighted by Crippen LogP contribution is 2.26. The first-order chi connectivity index (χ1) is 12.6. The first-order valence-electron chi connectivity index (χ1n) is 8.42. The number of aromatic nitrogens is 4. The van der Waals surface area contributed by atoms with Gasteiger partial charge in [-0.3, -0.25) is 4.79 Å². The summed E-state index contributed by atoms with van der Waals surface area (Å²) in [5, 5.41) is 9.25. The van der Waals surface area contributed by atoms with Gasteiger partial charge in [0.25, 0.3) is 5.91 Å². The van der Waals surface area contributed by atoms with Gasteiger partial charge in [0.1, 0.15) is 22.9 Å². The normalized spacial score (nSPS) is 14.3. The second-order valence-electron chi connectivity index (χ2n) is 6.30. The van der Waals surface area contributed by atoms with Gasteiger partial charge in [-0.15, -0.1) is 16.4 Å². The molecule has 0 aliphatic carbocycles. The Hall–Kier alpha value is -2.74. The fraction of sp³-hybridized carbons (Fsp3) is 0.333. The number of likely N-dealkylation sites (tertiary alicyclic amines) is 1. The monoisotopic (exact) mass is 369 g/mol. The summed E-state index contributed by atoms with van der Waals surface area (Å²) < 4.78 is 7.50. The van der Waals surface area contributed by atoms with E-state index in [1.807, 2.05) is 60.0 Å². The van der Waals surface area contributed by atoms with Crippen LogP contribution in [0, 0.1) is 13.8 Å². The quantitative estimate of drug-likeness (QED) is 0.691. The minimum absolute atomic E-state index is 0.0529. The number of hydrogen-bond donors (Lipinski definition) is 0. The van der Waals surface area contributed by atoms with Crippen molar-refractivity contribution < 1.29 is 9.53 Å². The van der Waals surface area contributed by atoms with E-state index < -0.39 is 0 Å². The summed E-state index contributed by atoms with van der Waals surface area (Å²) in [5.41, 5.74) is 1.58. The fourth-order valence-corrected chi connectivity index (χ4v) is 3.78. The van der Waals surface area contributed by atoms with E-state index in [1.165, 1.54) is 11.3 Å². The van der Waals surface area contributed by atoms with E-state index >= 15 is 0 Å². The third-order valence-corrected chi connectivity index (χ3v) is 5.37. The molecule has 2 aromatic heterocycles. The summed E-state index contributed by atoms with van der Waals surface area (Å²) in [7, 11) is 0. The predicted molar refractivity (Wildman–Crippen MR) is 97.3 cm³/mol. The highest BCUT2D eigenvalue weighted by molar-refractivity contribution is 7.13. The number of carbonyl (C=O) groups excluding carboxylic acids is 1. The Morgan fingerprint density at radius 1 is 1.27 bits per heavy atom. The molecule has 3 aromatic rings. The Labute approximate surface area is 155 Å². The van der Waals surface area contributed by atoms with Gasteiger partial charge in [-0.2, -0.15) is 0 Å². The Morgan fingerprint density at radius 2 is 2.04 bits per heavy atom. The zero-order chi connectivity index (χ0) is 18.1. The fourth-order valence-electron chi connectivity index (χ4n) is 2.89. The summed E-state index contributed by atoms with van der Waals surface area (Å²) >= 11 is 1.45. The molecule has 3 heterocycles. The van der Waals surface area contributed by atoms with E-state index in [0.29, 0.717) is 19.7 Å². The van der Waals surface area contributed by atoms with Gasteiger partial charge < -0.3 is 9.64 Å². The molecule has 7 nitrogen and oxygen atoms in total. The van der Waals surface area contributed by atoms with E-state index in [-0.39, 0.29) is 11.9 Å². The number of para-hydroxylation sites is 1. The minimum atomic E-state index is 0.0529. The lowest BCUT2D eigenvalue weighted by Gasteiger charge is -2.38. The molecule has 1 fully saturated rings. The van der Waals surface area contributed by atoms with Crippen LogP contribution >= 0.6 is 11.3 Å². The van der Waals surface area contributed by atoms with Crippen molar-refractivity contribution in [3.05, 3.63) is 57.8 Å². The van der Waals surface area contributed by atoms with Crippen LogP contribution in [0.1, 0.15) is 32.1 Å². The largest absolute Gasteiger partial charge is 0.487 e. The Morgan fingerprint density at radius 3 is 2.73 bits per heavy atom. The van der Waals surface area contributed by atoms with Crippen LogP contribution in [0.5, 0.6) is 5.75 Å². The van der Waals surface area contributed by atoms with E-state index in [0.717, 1.165) is 27.0 Å². The molecule has 0 atom stereocenters. The number of benzene rings is 1. The smallest absolute Gasteiger partial charge is 0.266 e. The van der Waals surface area contributed by atoms with Crippen LogP contribution in [0.2, 0.25) is 0 Å². The second-order valence-corrected chi connectivity index (χ2v) is 7.51. The number of carbonyl (C=O) groups is 1. The molecule has 0 N–H and O–H groups in total. The minimum Gasteiger partial charge on any atom is -0.487 e. The molecule has 0 radical (unpaired) electrons. The maximum absolute atomic E-state index is 12.5. The van der Waals surface area contributed by atoms with Crippen molar-refractivity contribution in [3.63, 3.8) is 0 Å². The Bertz CT molecular complexity index is 915. The van der Waals surface area contributed by atoms with Crippen LogP contribution in [0.3, 0.4) is 0 Å². The number of nitrogens with zero attached hydrogens (tertiary/aromatic N) is 5. The lowest BCUT2D eigenvalue weighted by Crippen LogP contribution is -2.50. The SMILES string of the molecule is Cc1nc(C)c(C(=O)N2CC(n3cc(COc4ccccc4)nn3)C2)s1. The highest BCUT2D eigenvalue weighted by Gasteiger charge is 2.34. The molecule has 4 rings (SSSR count). The molecule has 0 saturated carbocycles. The topological polar surface area (TPSA) is 73.1 Å².